The van der Waals surface area contributed by atoms with Gasteiger partial charge in [0, 0.05) is 23.9 Å². The molecule has 2 rings (SSSR count). The van der Waals surface area contributed by atoms with Crippen LogP contribution < -0.4 is 5.32 Å². The number of rotatable bonds is 7. The van der Waals surface area contributed by atoms with Crippen molar-refractivity contribution in [2.24, 2.45) is 5.41 Å². The Balaban J connectivity index is 2.06. The Labute approximate surface area is 214 Å². The van der Waals surface area contributed by atoms with E-state index in [1.807, 2.05) is 12.1 Å². The lowest BCUT2D eigenvalue weighted by atomic mass is 9.85. The molecule has 1 aliphatic rings. The third-order valence-electron chi connectivity index (χ3n) is 5.30. The van der Waals surface area contributed by atoms with Crippen LogP contribution in [0.1, 0.15) is 53.5 Å². The lowest BCUT2D eigenvalue weighted by molar-refractivity contribution is -0.156. The predicted molar refractivity (Wildman–Crippen MR) is 133 cm³/mol. The third-order valence-corrected chi connectivity index (χ3v) is 5.83. The molecule has 0 spiro atoms. The van der Waals surface area contributed by atoms with Crippen molar-refractivity contribution in [2.75, 3.05) is 13.2 Å². The quantitative estimate of drug-likeness (QED) is 0.496. The molecule has 0 saturated carbocycles. The summed E-state index contributed by atoms with van der Waals surface area (Å²) in [7, 11) is 0. The number of nitrogens with zero attached hydrogens (tertiary/aromatic N) is 1. The molecule has 1 aromatic carbocycles. The van der Waals surface area contributed by atoms with Gasteiger partial charge in [-0.15, -0.1) is 0 Å². The van der Waals surface area contributed by atoms with Gasteiger partial charge in [0.1, 0.15) is 24.3 Å². The number of ketones is 1. The van der Waals surface area contributed by atoms with Gasteiger partial charge in [0.25, 0.3) is 0 Å². The van der Waals surface area contributed by atoms with E-state index < -0.39 is 53.8 Å². The molecule has 3 atom stereocenters. The number of β-amino-alcohol motifs (C(OH)–C–C–N with tert-alkyl or cyclic N) is 1. The zero-order chi connectivity index (χ0) is 26.6. The van der Waals surface area contributed by atoms with Gasteiger partial charge in [-0.05, 0) is 43.9 Å². The van der Waals surface area contributed by atoms with Crippen LogP contribution in [0.25, 0.3) is 0 Å². The molecule has 1 unspecified atom stereocenters. The van der Waals surface area contributed by atoms with Gasteiger partial charge in [-0.2, -0.15) is 0 Å². The van der Waals surface area contributed by atoms with Crippen molar-refractivity contribution in [3.8, 4) is 0 Å². The highest BCUT2D eigenvalue weighted by atomic mass is 79.9. The maximum atomic E-state index is 13.4. The van der Waals surface area contributed by atoms with Crippen LogP contribution in [0.5, 0.6) is 0 Å². The Morgan fingerprint density at radius 3 is 2.26 bits per heavy atom. The van der Waals surface area contributed by atoms with Crippen molar-refractivity contribution in [3.63, 3.8) is 0 Å². The lowest BCUT2D eigenvalue weighted by Gasteiger charge is -2.35. The zero-order valence-electron chi connectivity index (χ0n) is 21.1. The summed E-state index contributed by atoms with van der Waals surface area (Å²) in [6.07, 6.45) is -1.61. The molecule has 9 nitrogen and oxygen atoms in total. The molecule has 0 radical (unpaired) electrons. The second kappa shape index (κ2) is 11.5. The molecule has 194 valence electrons. The molecular formula is C25H35BrN2O7. The molecule has 35 heavy (non-hydrogen) atoms. The highest BCUT2D eigenvalue weighted by molar-refractivity contribution is 9.10. The summed E-state index contributed by atoms with van der Waals surface area (Å²) in [5, 5.41) is 12.8. The normalized spacial score (nSPS) is 19.1. The standard InChI is InChI=1S/C25H35BrN2O7/c1-24(2,3)20(27-23(33)35-25(4,5)6)21(31)28-13-17(29)12-19(28)22(32)34-14-18(30)11-15-7-9-16(26)10-8-15/h7-10,17,19-20,29H,11-14H2,1-6H3,(H,27,33)/t17-,19+,20?/m1/s1. The van der Waals surface area contributed by atoms with E-state index in [1.54, 1.807) is 53.7 Å². The fraction of sp³-hybridized carbons (Fsp3) is 0.600. The summed E-state index contributed by atoms with van der Waals surface area (Å²) in [5.74, 6) is -1.61. The van der Waals surface area contributed by atoms with Crippen molar-refractivity contribution in [1.82, 2.24) is 10.2 Å². The van der Waals surface area contributed by atoms with E-state index in [9.17, 15) is 24.3 Å². The van der Waals surface area contributed by atoms with E-state index in [0.29, 0.717) is 0 Å². The number of aliphatic hydroxyl groups is 1. The van der Waals surface area contributed by atoms with Gasteiger partial charge in [0.15, 0.2) is 5.78 Å². The number of aliphatic hydroxyl groups excluding tert-OH is 1. The minimum atomic E-state index is -1.07. The topological polar surface area (TPSA) is 122 Å². The number of nitrogens with one attached hydrogen (secondary N) is 1. The van der Waals surface area contributed by atoms with Gasteiger partial charge in [-0.1, -0.05) is 48.8 Å². The molecule has 2 N–H and O–H groups in total. The molecule has 1 aromatic rings. The van der Waals surface area contributed by atoms with Crippen LogP contribution in [0.4, 0.5) is 4.79 Å². The first-order valence-corrected chi connectivity index (χ1v) is 12.3. The van der Waals surface area contributed by atoms with Crippen molar-refractivity contribution in [3.05, 3.63) is 34.3 Å². The summed E-state index contributed by atoms with van der Waals surface area (Å²) in [6, 6.07) is 5.13. The maximum Gasteiger partial charge on any atom is 0.408 e. The number of benzene rings is 1. The molecule has 0 bridgehead atoms. The Morgan fingerprint density at radius 1 is 1.11 bits per heavy atom. The van der Waals surface area contributed by atoms with Crippen molar-refractivity contribution < 1.29 is 33.8 Å². The molecule has 2 amide bonds. The van der Waals surface area contributed by atoms with E-state index in [1.165, 1.54) is 4.90 Å². The number of esters is 1. The van der Waals surface area contributed by atoms with Gasteiger partial charge in [0.05, 0.1) is 6.10 Å². The Kier molecular flexibility index (Phi) is 9.47. The summed E-state index contributed by atoms with van der Waals surface area (Å²) in [4.78, 5) is 52.1. The first-order chi connectivity index (χ1) is 16.1. The number of amides is 2. The Morgan fingerprint density at radius 2 is 1.71 bits per heavy atom. The van der Waals surface area contributed by atoms with Crippen LogP contribution in [0.2, 0.25) is 0 Å². The molecule has 1 heterocycles. The number of alkyl carbamates (subject to hydrolysis) is 1. The van der Waals surface area contributed by atoms with Crippen LogP contribution in [-0.4, -0.2) is 70.7 Å². The first-order valence-electron chi connectivity index (χ1n) is 11.5. The summed E-state index contributed by atoms with van der Waals surface area (Å²) >= 11 is 3.33. The van der Waals surface area contributed by atoms with E-state index in [-0.39, 0.29) is 25.2 Å². The number of hydrogen-bond acceptors (Lipinski definition) is 7. The second-order valence-electron chi connectivity index (χ2n) is 10.8. The molecule has 10 heteroatoms. The Hall–Kier alpha value is -2.46. The fourth-order valence-electron chi connectivity index (χ4n) is 3.65. The summed E-state index contributed by atoms with van der Waals surface area (Å²) in [6.45, 7) is 9.91. The van der Waals surface area contributed by atoms with E-state index >= 15 is 0 Å². The van der Waals surface area contributed by atoms with Gasteiger partial charge in [-0.3, -0.25) is 9.59 Å². The SMILES string of the molecule is CC(C)(C)OC(=O)NC(C(=O)N1C[C@H](O)C[C@H]1C(=O)OCC(=O)Cc1ccc(Br)cc1)C(C)(C)C. The van der Waals surface area contributed by atoms with E-state index in [4.69, 9.17) is 9.47 Å². The number of carbonyl (C=O) groups excluding carboxylic acids is 4. The summed E-state index contributed by atoms with van der Waals surface area (Å²) in [5.41, 5.74) is -0.686. The first kappa shape index (κ1) is 28.8. The number of likely N-dealkylation sites (tertiary alicyclic amines) is 1. The monoisotopic (exact) mass is 554 g/mol. The van der Waals surface area contributed by atoms with Gasteiger partial charge in [0.2, 0.25) is 5.91 Å². The largest absolute Gasteiger partial charge is 0.456 e. The number of hydrogen-bond donors (Lipinski definition) is 2. The predicted octanol–water partition coefficient (Wildman–Crippen LogP) is 3.01. The molecule has 1 aliphatic heterocycles. The van der Waals surface area contributed by atoms with Crippen molar-refractivity contribution in [2.45, 2.75) is 78.2 Å². The van der Waals surface area contributed by atoms with Crippen molar-refractivity contribution >= 4 is 39.7 Å². The number of ether oxygens (including phenoxy) is 2. The molecular weight excluding hydrogens is 520 g/mol. The molecule has 1 fully saturated rings. The molecule has 0 aliphatic carbocycles. The lowest BCUT2D eigenvalue weighted by Crippen LogP contribution is -2.57. The minimum absolute atomic E-state index is 0.0191. The highest BCUT2D eigenvalue weighted by Gasteiger charge is 2.45. The molecule has 1 saturated heterocycles. The highest BCUT2D eigenvalue weighted by Crippen LogP contribution is 2.27. The smallest absolute Gasteiger partial charge is 0.408 e. The fourth-order valence-corrected chi connectivity index (χ4v) is 3.91. The number of carbonyl (C=O) groups is 4. The minimum Gasteiger partial charge on any atom is -0.456 e. The maximum absolute atomic E-state index is 13.4. The van der Waals surface area contributed by atoms with E-state index in [0.717, 1.165) is 10.0 Å². The van der Waals surface area contributed by atoms with E-state index in [2.05, 4.69) is 21.2 Å². The van der Waals surface area contributed by atoms with Gasteiger partial charge in [-0.25, -0.2) is 9.59 Å². The van der Waals surface area contributed by atoms with Crippen LogP contribution in [0, 0.1) is 5.41 Å². The second-order valence-corrected chi connectivity index (χ2v) is 11.7. The number of halogens is 1. The zero-order valence-corrected chi connectivity index (χ0v) is 22.7. The van der Waals surface area contributed by atoms with Gasteiger partial charge >= 0.3 is 12.1 Å². The average molecular weight is 555 g/mol. The Bertz CT molecular complexity index is 935. The van der Waals surface area contributed by atoms with Crippen LogP contribution in [0.3, 0.4) is 0 Å². The van der Waals surface area contributed by atoms with Crippen molar-refractivity contribution in [1.29, 1.82) is 0 Å². The average Bonchev–Trinajstić information content (AvgIpc) is 3.11. The van der Waals surface area contributed by atoms with Crippen LogP contribution >= 0.6 is 15.9 Å². The van der Waals surface area contributed by atoms with Crippen LogP contribution in [-0.2, 0) is 30.3 Å². The summed E-state index contributed by atoms with van der Waals surface area (Å²) < 4.78 is 11.4. The third kappa shape index (κ3) is 8.92. The van der Waals surface area contributed by atoms with Crippen LogP contribution in [0.15, 0.2) is 28.7 Å². The number of Topliss-reactive ketones (excluding diaryl/α,β-unsaturated/α-hetero) is 1. The molecule has 0 aromatic heterocycles. The van der Waals surface area contributed by atoms with Gasteiger partial charge < -0.3 is 24.8 Å².